The third-order valence-electron chi connectivity index (χ3n) is 4.20. The summed E-state index contributed by atoms with van der Waals surface area (Å²) in [7, 11) is 1.66. The smallest absolute Gasteiger partial charge is 0.150 e. The topological polar surface area (TPSA) is 26.3 Å². The Hall–Kier alpha value is -2.61. The van der Waals surface area contributed by atoms with E-state index in [-0.39, 0.29) is 5.92 Å². The van der Waals surface area contributed by atoms with Gasteiger partial charge in [-0.3, -0.25) is 4.79 Å². The zero-order valence-corrected chi connectivity index (χ0v) is 12.7. The van der Waals surface area contributed by atoms with Crippen LogP contribution in [0, 0.1) is 0 Å². The lowest BCUT2D eigenvalue weighted by atomic mass is 9.87. The van der Waals surface area contributed by atoms with Gasteiger partial charge in [-0.05, 0) is 34.0 Å². The van der Waals surface area contributed by atoms with Crippen LogP contribution in [0.5, 0.6) is 5.75 Å². The first-order valence-electron chi connectivity index (χ1n) is 7.35. The Balaban J connectivity index is 2.09. The van der Waals surface area contributed by atoms with Gasteiger partial charge in [-0.15, -0.1) is 0 Å². The van der Waals surface area contributed by atoms with E-state index in [1.807, 2.05) is 48.5 Å². The van der Waals surface area contributed by atoms with Crippen LogP contribution in [0.25, 0.3) is 10.8 Å². The van der Waals surface area contributed by atoms with E-state index in [9.17, 15) is 4.79 Å². The first-order valence-corrected chi connectivity index (χ1v) is 7.35. The first-order chi connectivity index (χ1) is 10.7. The summed E-state index contributed by atoms with van der Waals surface area (Å²) < 4.78 is 5.20. The molecule has 22 heavy (non-hydrogen) atoms. The van der Waals surface area contributed by atoms with Crippen molar-refractivity contribution in [3.05, 3.63) is 77.4 Å². The van der Waals surface area contributed by atoms with Crippen molar-refractivity contribution in [3.63, 3.8) is 0 Å². The average molecular weight is 290 g/mol. The first kappa shape index (κ1) is 14.3. The van der Waals surface area contributed by atoms with Crippen molar-refractivity contribution in [2.45, 2.75) is 12.8 Å². The van der Waals surface area contributed by atoms with Gasteiger partial charge in [0.2, 0.25) is 0 Å². The molecule has 0 spiro atoms. The van der Waals surface area contributed by atoms with Gasteiger partial charge in [-0.1, -0.05) is 55.5 Å². The maximum absolute atomic E-state index is 11.7. The van der Waals surface area contributed by atoms with E-state index < -0.39 is 0 Å². The SMILES string of the molecule is COc1ccc(C(C)c2ccc3ccccc3c2C=O)cc1. The summed E-state index contributed by atoms with van der Waals surface area (Å²) >= 11 is 0. The third-order valence-corrected chi connectivity index (χ3v) is 4.20. The number of methoxy groups -OCH3 is 1. The molecule has 0 saturated heterocycles. The van der Waals surface area contributed by atoms with E-state index in [1.165, 1.54) is 5.56 Å². The molecule has 0 N–H and O–H groups in total. The van der Waals surface area contributed by atoms with Crippen LogP contribution >= 0.6 is 0 Å². The molecule has 0 fully saturated rings. The number of ether oxygens (including phenoxy) is 1. The second-order valence-corrected chi connectivity index (χ2v) is 5.40. The highest BCUT2D eigenvalue weighted by Crippen LogP contribution is 2.31. The minimum atomic E-state index is 0.149. The highest BCUT2D eigenvalue weighted by atomic mass is 16.5. The Kier molecular flexibility index (Phi) is 3.92. The van der Waals surface area contributed by atoms with Crippen LogP contribution in [0.3, 0.4) is 0 Å². The van der Waals surface area contributed by atoms with Crippen LogP contribution in [0.2, 0.25) is 0 Å². The van der Waals surface area contributed by atoms with Gasteiger partial charge in [0, 0.05) is 11.5 Å². The summed E-state index contributed by atoms with van der Waals surface area (Å²) in [5.41, 5.74) is 3.00. The standard InChI is InChI=1S/C20H18O2/c1-14(15-7-10-17(22-2)11-8-15)18-12-9-16-5-3-4-6-19(16)20(18)13-21/h3-14H,1-2H3. The zero-order chi connectivity index (χ0) is 15.5. The number of carbonyl (C=O) groups excluding carboxylic acids is 1. The van der Waals surface area contributed by atoms with E-state index in [4.69, 9.17) is 4.74 Å². The summed E-state index contributed by atoms with van der Waals surface area (Å²) in [6.07, 6.45) is 0.970. The molecule has 0 bridgehead atoms. The van der Waals surface area contributed by atoms with Crippen molar-refractivity contribution >= 4 is 17.1 Å². The fourth-order valence-corrected chi connectivity index (χ4v) is 2.89. The molecule has 0 saturated carbocycles. The molecule has 0 aliphatic rings. The van der Waals surface area contributed by atoms with E-state index >= 15 is 0 Å². The zero-order valence-electron chi connectivity index (χ0n) is 12.7. The number of aldehydes is 1. The Bertz CT molecular complexity index is 804. The van der Waals surface area contributed by atoms with Gasteiger partial charge in [0.25, 0.3) is 0 Å². The lowest BCUT2D eigenvalue weighted by Crippen LogP contribution is -2.01. The van der Waals surface area contributed by atoms with Crippen LogP contribution in [0.15, 0.2) is 60.7 Å². The monoisotopic (exact) mass is 290 g/mol. The van der Waals surface area contributed by atoms with Crippen molar-refractivity contribution in [1.82, 2.24) is 0 Å². The predicted octanol–water partition coefficient (Wildman–Crippen LogP) is 4.81. The summed E-state index contributed by atoms with van der Waals surface area (Å²) in [4.78, 5) is 11.7. The molecular formula is C20H18O2. The van der Waals surface area contributed by atoms with Gasteiger partial charge >= 0.3 is 0 Å². The van der Waals surface area contributed by atoms with Crippen LogP contribution in [-0.4, -0.2) is 13.4 Å². The van der Waals surface area contributed by atoms with Crippen molar-refractivity contribution < 1.29 is 9.53 Å². The van der Waals surface area contributed by atoms with Crippen LogP contribution in [-0.2, 0) is 0 Å². The van der Waals surface area contributed by atoms with E-state index in [0.717, 1.165) is 33.9 Å². The Morgan fingerprint density at radius 3 is 2.36 bits per heavy atom. The van der Waals surface area contributed by atoms with Gasteiger partial charge in [0.15, 0.2) is 6.29 Å². The quantitative estimate of drug-likeness (QED) is 0.644. The van der Waals surface area contributed by atoms with Crippen LogP contribution < -0.4 is 4.74 Å². The predicted molar refractivity (Wildman–Crippen MR) is 89.8 cm³/mol. The second kappa shape index (κ2) is 6.02. The minimum Gasteiger partial charge on any atom is -0.497 e. The molecule has 0 amide bonds. The van der Waals surface area contributed by atoms with Gasteiger partial charge in [0.1, 0.15) is 5.75 Å². The molecule has 2 nitrogen and oxygen atoms in total. The van der Waals surface area contributed by atoms with Gasteiger partial charge in [-0.2, -0.15) is 0 Å². The Morgan fingerprint density at radius 1 is 0.955 bits per heavy atom. The summed E-state index contributed by atoms with van der Waals surface area (Å²) in [5.74, 6) is 0.987. The molecule has 0 heterocycles. The lowest BCUT2D eigenvalue weighted by molar-refractivity contribution is 0.112. The normalized spacial score (nSPS) is 12.1. The highest BCUT2D eigenvalue weighted by Gasteiger charge is 2.15. The van der Waals surface area contributed by atoms with Crippen molar-refractivity contribution in [1.29, 1.82) is 0 Å². The minimum absolute atomic E-state index is 0.149. The van der Waals surface area contributed by atoms with Crippen LogP contribution in [0.1, 0.15) is 34.3 Å². The maximum atomic E-state index is 11.7. The summed E-state index contributed by atoms with van der Waals surface area (Å²) in [6.45, 7) is 2.12. The molecule has 2 heteroatoms. The number of fused-ring (bicyclic) bond motifs is 1. The van der Waals surface area contributed by atoms with Crippen molar-refractivity contribution in [3.8, 4) is 5.75 Å². The summed E-state index contributed by atoms with van der Waals surface area (Å²) in [6, 6.07) is 20.1. The second-order valence-electron chi connectivity index (χ2n) is 5.40. The number of benzene rings is 3. The van der Waals surface area contributed by atoms with E-state index in [0.29, 0.717) is 0 Å². The Labute approximate surface area is 130 Å². The van der Waals surface area contributed by atoms with E-state index in [1.54, 1.807) is 7.11 Å². The molecule has 1 unspecified atom stereocenters. The highest BCUT2D eigenvalue weighted by molar-refractivity contribution is 5.99. The maximum Gasteiger partial charge on any atom is 0.150 e. The van der Waals surface area contributed by atoms with Crippen LogP contribution in [0.4, 0.5) is 0 Å². The molecule has 3 aromatic rings. The molecular weight excluding hydrogens is 272 g/mol. The van der Waals surface area contributed by atoms with Crippen molar-refractivity contribution in [2.75, 3.05) is 7.11 Å². The molecule has 0 aliphatic heterocycles. The fraction of sp³-hybridized carbons (Fsp3) is 0.150. The number of carbonyl (C=O) groups is 1. The molecule has 3 rings (SSSR count). The molecule has 0 aliphatic carbocycles. The Morgan fingerprint density at radius 2 is 1.68 bits per heavy atom. The molecule has 3 aromatic carbocycles. The third kappa shape index (κ3) is 2.48. The largest absolute Gasteiger partial charge is 0.497 e. The molecule has 1 atom stereocenters. The fourth-order valence-electron chi connectivity index (χ4n) is 2.89. The van der Waals surface area contributed by atoms with E-state index in [2.05, 4.69) is 19.1 Å². The number of hydrogen-bond acceptors (Lipinski definition) is 2. The van der Waals surface area contributed by atoms with Gasteiger partial charge in [-0.25, -0.2) is 0 Å². The number of rotatable bonds is 4. The molecule has 0 aromatic heterocycles. The number of hydrogen-bond donors (Lipinski definition) is 0. The molecule has 0 radical (unpaired) electrons. The molecule has 110 valence electrons. The van der Waals surface area contributed by atoms with Crippen molar-refractivity contribution in [2.24, 2.45) is 0 Å². The summed E-state index contributed by atoms with van der Waals surface area (Å²) in [5, 5.41) is 2.10. The average Bonchev–Trinajstić information content (AvgIpc) is 2.60. The lowest BCUT2D eigenvalue weighted by Gasteiger charge is -2.16. The van der Waals surface area contributed by atoms with Gasteiger partial charge in [0.05, 0.1) is 7.11 Å². The van der Waals surface area contributed by atoms with Gasteiger partial charge < -0.3 is 4.74 Å².